The highest BCUT2D eigenvalue weighted by Crippen LogP contribution is 2.36. The second kappa shape index (κ2) is 5.50. The summed E-state index contributed by atoms with van der Waals surface area (Å²) < 4.78 is 19.2. The zero-order valence-corrected chi connectivity index (χ0v) is 10.5. The fourth-order valence-electron chi connectivity index (χ4n) is 2.45. The summed E-state index contributed by atoms with van der Waals surface area (Å²) in [5.41, 5.74) is 0.958. The summed E-state index contributed by atoms with van der Waals surface area (Å²) in [6.07, 6.45) is 3.35. The first kappa shape index (κ1) is 12.4. The van der Waals surface area contributed by atoms with Crippen LogP contribution in [0.2, 0.25) is 0 Å². The van der Waals surface area contributed by atoms with Crippen LogP contribution in [-0.4, -0.2) is 12.6 Å². The SMILES string of the molecule is CCCC1CC(NCC)c2cc(F)ccc2O1. The highest BCUT2D eigenvalue weighted by Gasteiger charge is 2.27. The van der Waals surface area contributed by atoms with Crippen LogP contribution in [0.4, 0.5) is 4.39 Å². The zero-order valence-electron chi connectivity index (χ0n) is 10.5. The third-order valence-corrected chi connectivity index (χ3v) is 3.20. The first-order valence-electron chi connectivity index (χ1n) is 6.44. The van der Waals surface area contributed by atoms with Crippen molar-refractivity contribution in [1.29, 1.82) is 0 Å². The molecule has 2 rings (SSSR count). The molecule has 2 atom stereocenters. The van der Waals surface area contributed by atoms with Crippen molar-refractivity contribution in [2.75, 3.05) is 6.54 Å². The normalized spacial score (nSPS) is 23.0. The van der Waals surface area contributed by atoms with Gasteiger partial charge in [-0.05, 0) is 31.2 Å². The van der Waals surface area contributed by atoms with Gasteiger partial charge in [0.25, 0.3) is 0 Å². The standard InChI is InChI=1S/C14H20FNO/c1-3-5-11-9-13(16-4-2)12-8-10(15)6-7-14(12)17-11/h6-8,11,13,16H,3-5,9H2,1-2H3. The van der Waals surface area contributed by atoms with Gasteiger partial charge in [0.1, 0.15) is 17.7 Å². The molecule has 0 aromatic heterocycles. The molecule has 2 unspecified atom stereocenters. The minimum atomic E-state index is -0.191. The van der Waals surface area contributed by atoms with Crippen LogP contribution in [0.15, 0.2) is 18.2 Å². The molecular formula is C14H20FNO. The second-order valence-corrected chi connectivity index (χ2v) is 4.56. The molecule has 0 amide bonds. The first-order valence-corrected chi connectivity index (χ1v) is 6.44. The minimum absolute atomic E-state index is 0.191. The fraction of sp³-hybridized carbons (Fsp3) is 0.571. The van der Waals surface area contributed by atoms with E-state index in [0.29, 0.717) is 0 Å². The summed E-state index contributed by atoms with van der Waals surface area (Å²) in [6, 6.07) is 5.02. The van der Waals surface area contributed by atoms with E-state index in [-0.39, 0.29) is 18.0 Å². The van der Waals surface area contributed by atoms with Gasteiger partial charge in [0.15, 0.2) is 0 Å². The molecule has 1 aliphatic rings. The van der Waals surface area contributed by atoms with Gasteiger partial charge in [-0.3, -0.25) is 0 Å². The third-order valence-electron chi connectivity index (χ3n) is 3.20. The van der Waals surface area contributed by atoms with Gasteiger partial charge < -0.3 is 10.1 Å². The van der Waals surface area contributed by atoms with Gasteiger partial charge in [0, 0.05) is 18.0 Å². The quantitative estimate of drug-likeness (QED) is 0.866. The maximum Gasteiger partial charge on any atom is 0.124 e. The van der Waals surface area contributed by atoms with Crippen molar-refractivity contribution in [2.45, 2.75) is 45.3 Å². The first-order chi connectivity index (χ1) is 8.24. The Morgan fingerprint density at radius 2 is 2.24 bits per heavy atom. The molecule has 2 nitrogen and oxygen atoms in total. The molecule has 0 radical (unpaired) electrons. The summed E-state index contributed by atoms with van der Waals surface area (Å²) in [5, 5.41) is 3.41. The van der Waals surface area contributed by atoms with Gasteiger partial charge in [-0.1, -0.05) is 20.3 Å². The van der Waals surface area contributed by atoms with Crippen molar-refractivity contribution in [1.82, 2.24) is 5.32 Å². The van der Waals surface area contributed by atoms with E-state index in [1.165, 1.54) is 6.07 Å². The van der Waals surface area contributed by atoms with E-state index >= 15 is 0 Å². The maximum absolute atomic E-state index is 13.3. The molecule has 0 aliphatic carbocycles. The average Bonchev–Trinajstić information content (AvgIpc) is 2.31. The van der Waals surface area contributed by atoms with Gasteiger partial charge in [0.2, 0.25) is 0 Å². The summed E-state index contributed by atoms with van der Waals surface area (Å²) >= 11 is 0. The van der Waals surface area contributed by atoms with Crippen LogP contribution in [0.1, 0.15) is 44.7 Å². The molecule has 3 heteroatoms. The van der Waals surface area contributed by atoms with Gasteiger partial charge in [-0.2, -0.15) is 0 Å². The van der Waals surface area contributed by atoms with Crippen molar-refractivity contribution in [3.63, 3.8) is 0 Å². The highest BCUT2D eigenvalue weighted by molar-refractivity contribution is 5.38. The van der Waals surface area contributed by atoms with E-state index in [4.69, 9.17) is 4.74 Å². The summed E-state index contributed by atoms with van der Waals surface area (Å²) in [7, 11) is 0. The zero-order chi connectivity index (χ0) is 12.3. The molecule has 0 bridgehead atoms. The molecule has 0 fully saturated rings. The van der Waals surface area contributed by atoms with E-state index in [0.717, 1.165) is 37.1 Å². The summed E-state index contributed by atoms with van der Waals surface area (Å²) in [5.74, 6) is 0.645. The lowest BCUT2D eigenvalue weighted by molar-refractivity contribution is 0.140. The van der Waals surface area contributed by atoms with Gasteiger partial charge in [0.05, 0.1) is 0 Å². The molecule has 1 aromatic carbocycles. The van der Waals surface area contributed by atoms with Crippen LogP contribution in [0, 0.1) is 5.82 Å². The van der Waals surface area contributed by atoms with Crippen LogP contribution in [0.3, 0.4) is 0 Å². The number of ether oxygens (including phenoxy) is 1. The molecule has 0 saturated heterocycles. The van der Waals surface area contributed by atoms with E-state index in [1.54, 1.807) is 12.1 Å². The molecule has 1 heterocycles. The predicted molar refractivity (Wildman–Crippen MR) is 66.8 cm³/mol. The lowest BCUT2D eigenvalue weighted by Gasteiger charge is -2.32. The van der Waals surface area contributed by atoms with Crippen molar-refractivity contribution < 1.29 is 9.13 Å². The van der Waals surface area contributed by atoms with E-state index < -0.39 is 0 Å². The monoisotopic (exact) mass is 237 g/mol. The number of hydrogen-bond acceptors (Lipinski definition) is 2. The van der Waals surface area contributed by atoms with Crippen LogP contribution < -0.4 is 10.1 Å². The van der Waals surface area contributed by atoms with Crippen LogP contribution in [0.25, 0.3) is 0 Å². The topological polar surface area (TPSA) is 21.3 Å². The van der Waals surface area contributed by atoms with Crippen molar-refractivity contribution >= 4 is 0 Å². The minimum Gasteiger partial charge on any atom is -0.490 e. The largest absolute Gasteiger partial charge is 0.490 e. The van der Waals surface area contributed by atoms with Crippen LogP contribution in [0.5, 0.6) is 5.75 Å². The smallest absolute Gasteiger partial charge is 0.124 e. The van der Waals surface area contributed by atoms with Crippen molar-refractivity contribution in [2.24, 2.45) is 0 Å². The number of halogens is 1. The Bertz CT molecular complexity index is 380. The summed E-state index contributed by atoms with van der Waals surface area (Å²) in [4.78, 5) is 0. The number of benzene rings is 1. The average molecular weight is 237 g/mol. The molecular weight excluding hydrogens is 217 g/mol. The molecule has 0 spiro atoms. The summed E-state index contributed by atoms with van der Waals surface area (Å²) in [6.45, 7) is 5.12. The second-order valence-electron chi connectivity index (χ2n) is 4.56. The van der Waals surface area contributed by atoms with E-state index in [9.17, 15) is 4.39 Å². The Morgan fingerprint density at radius 3 is 2.94 bits per heavy atom. The van der Waals surface area contributed by atoms with Gasteiger partial charge in [-0.25, -0.2) is 4.39 Å². The van der Waals surface area contributed by atoms with Crippen LogP contribution >= 0.6 is 0 Å². The number of nitrogens with one attached hydrogen (secondary N) is 1. The number of fused-ring (bicyclic) bond motifs is 1. The maximum atomic E-state index is 13.3. The van der Waals surface area contributed by atoms with E-state index in [2.05, 4.69) is 19.2 Å². The molecule has 1 N–H and O–H groups in total. The Kier molecular flexibility index (Phi) is 4.00. The van der Waals surface area contributed by atoms with Gasteiger partial charge >= 0.3 is 0 Å². The molecule has 1 aromatic rings. The Labute approximate surface area is 102 Å². The number of rotatable bonds is 4. The Balaban J connectivity index is 2.25. The van der Waals surface area contributed by atoms with Gasteiger partial charge in [-0.15, -0.1) is 0 Å². The highest BCUT2D eigenvalue weighted by atomic mass is 19.1. The van der Waals surface area contributed by atoms with Crippen molar-refractivity contribution in [3.8, 4) is 5.75 Å². The lowest BCUT2D eigenvalue weighted by atomic mass is 9.94. The predicted octanol–water partition coefficient (Wildman–Crippen LogP) is 3.43. The number of hydrogen-bond donors (Lipinski definition) is 1. The molecule has 0 saturated carbocycles. The lowest BCUT2D eigenvalue weighted by Crippen LogP contribution is -2.33. The Hall–Kier alpha value is -1.09. The molecule has 17 heavy (non-hydrogen) atoms. The molecule has 94 valence electrons. The van der Waals surface area contributed by atoms with Crippen molar-refractivity contribution in [3.05, 3.63) is 29.6 Å². The van der Waals surface area contributed by atoms with E-state index in [1.807, 2.05) is 0 Å². The van der Waals surface area contributed by atoms with Crippen LogP contribution in [-0.2, 0) is 0 Å². The Morgan fingerprint density at radius 1 is 1.41 bits per heavy atom. The third kappa shape index (κ3) is 2.78. The fourth-order valence-corrected chi connectivity index (χ4v) is 2.45. The molecule has 1 aliphatic heterocycles.